The van der Waals surface area contributed by atoms with Crippen molar-refractivity contribution in [3.63, 3.8) is 0 Å². The van der Waals surface area contributed by atoms with Crippen molar-refractivity contribution in [3.8, 4) is 0 Å². The SMILES string of the molecule is CCc1ccc(C(=O)Nc2ccc(N3CCN(CC)CC3)c(S(=O)(=O)NC(C)c3ccccc3)c2)cc1. The quantitative estimate of drug-likeness (QED) is 0.428. The molecule has 1 atom stereocenters. The van der Waals surface area contributed by atoms with Gasteiger partial charge in [-0.15, -0.1) is 0 Å². The maximum Gasteiger partial charge on any atom is 0.255 e. The topological polar surface area (TPSA) is 81.8 Å². The number of anilines is 2. The normalized spacial score (nSPS) is 15.4. The monoisotopic (exact) mass is 520 g/mol. The van der Waals surface area contributed by atoms with Gasteiger partial charge >= 0.3 is 0 Å². The van der Waals surface area contributed by atoms with E-state index in [-0.39, 0.29) is 10.8 Å². The maximum atomic E-state index is 13.7. The average molecular weight is 521 g/mol. The number of hydrogen-bond acceptors (Lipinski definition) is 5. The van der Waals surface area contributed by atoms with Crippen LogP contribution in [0.4, 0.5) is 11.4 Å². The van der Waals surface area contributed by atoms with Gasteiger partial charge in [0.05, 0.1) is 5.69 Å². The van der Waals surface area contributed by atoms with E-state index in [9.17, 15) is 13.2 Å². The molecule has 1 heterocycles. The summed E-state index contributed by atoms with van der Waals surface area (Å²) in [7, 11) is -3.90. The summed E-state index contributed by atoms with van der Waals surface area (Å²) in [5.74, 6) is -0.277. The standard InChI is InChI=1S/C29H36N4O3S/c1-4-23-11-13-25(14-12-23)29(34)30-26-15-16-27(33-19-17-32(5-2)18-20-33)28(21-26)37(35,36)31-22(3)24-9-7-6-8-10-24/h6-16,21-22,31H,4-5,17-20H2,1-3H3,(H,30,34). The number of benzene rings is 3. The van der Waals surface area contributed by atoms with Crippen molar-refractivity contribution in [2.45, 2.75) is 38.1 Å². The number of piperazine rings is 1. The summed E-state index contributed by atoms with van der Waals surface area (Å²) < 4.78 is 30.3. The predicted molar refractivity (Wildman–Crippen MR) is 150 cm³/mol. The second-order valence-electron chi connectivity index (χ2n) is 9.36. The molecule has 2 N–H and O–H groups in total. The lowest BCUT2D eigenvalue weighted by Crippen LogP contribution is -2.46. The molecule has 37 heavy (non-hydrogen) atoms. The fourth-order valence-electron chi connectivity index (χ4n) is 4.57. The molecule has 1 amide bonds. The lowest BCUT2D eigenvalue weighted by atomic mass is 10.1. The number of carbonyl (C=O) groups excluding carboxylic acids is 1. The minimum atomic E-state index is -3.90. The van der Waals surface area contributed by atoms with Crippen LogP contribution in [0.5, 0.6) is 0 Å². The first kappa shape index (κ1) is 26.9. The zero-order valence-electron chi connectivity index (χ0n) is 21.8. The van der Waals surface area contributed by atoms with E-state index in [0.717, 1.165) is 50.3 Å². The molecule has 7 nitrogen and oxygen atoms in total. The van der Waals surface area contributed by atoms with Crippen LogP contribution in [-0.4, -0.2) is 51.9 Å². The van der Waals surface area contributed by atoms with Crippen LogP contribution in [0.2, 0.25) is 0 Å². The van der Waals surface area contributed by atoms with E-state index in [1.807, 2.05) is 49.4 Å². The Morgan fingerprint density at radius 2 is 1.59 bits per heavy atom. The summed E-state index contributed by atoms with van der Waals surface area (Å²) in [6.07, 6.45) is 0.894. The van der Waals surface area contributed by atoms with E-state index in [2.05, 4.69) is 33.7 Å². The minimum Gasteiger partial charge on any atom is -0.368 e. The molecular weight excluding hydrogens is 484 g/mol. The average Bonchev–Trinajstić information content (AvgIpc) is 2.93. The highest BCUT2D eigenvalue weighted by atomic mass is 32.2. The zero-order chi connectivity index (χ0) is 26.4. The largest absolute Gasteiger partial charge is 0.368 e. The number of hydrogen-bond donors (Lipinski definition) is 2. The Balaban J connectivity index is 1.64. The van der Waals surface area contributed by atoms with E-state index in [1.165, 1.54) is 0 Å². The second-order valence-corrected chi connectivity index (χ2v) is 11.0. The second kappa shape index (κ2) is 11.9. The summed E-state index contributed by atoms with van der Waals surface area (Å²) in [5.41, 5.74) is 3.64. The Kier molecular flexibility index (Phi) is 8.63. The molecule has 8 heteroatoms. The fraction of sp³-hybridized carbons (Fsp3) is 0.345. The van der Waals surface area contributed by atoms with Crippen molar-refractivity contribution < 1.29 is 13.2 Å². The molecule has 0 radical (unpaired) electrons. The van der Waals surface area contributed by atoms with Crippen molar-refractivity contribution in [2.24, 2.45) is 0 Å². The van der Waals surface area contributed by atoms with Gasteiger partial charge in [-0.25, -0.2) is 13.1 Å². The minimum absolute atomic E-state index is 0.166. The first-order valence-electron chi connectivity index (χ1n) is 12.9. The van der Waals surface area contributed by atoms with Crippen LogP contribution in [0.25, 0.3) is 0 Å². The van der Waals surface area contributed by atoms with Gasteiger partial charge in [0.15, 0.2) is 0 Å². The molecular formula is C29H36N4O3S. The third kappa shape index (κ3) is 6.57. The molecule has 1 fully saturated rings. The maximum absolute atomic E-state index is 13.7. The summed E-state index contributed by atoms with van der Waals surface area (Å²) in [5, 5.41) is 2.88. The molecule has 0 aromatic heterocycles. The van der Waals surface area contributed by atoms with E-state index >= 15 is 0 Å². The molecule has 196 valence electrons. The number of sulfonamides is 1. The van der Waals surface area contributed by atoms with Gasteiger partial charge < -0.3 is 15.1 Å². The predicted octanol–water partition coefficient (Wildman–Crippen LogP) is 4.68. The number of amides is 1. The number of carbonyl (C=O) groups is 1. The molecule has 0 spiro atoms. The Hall–Kier alpha value is -3.20. The van der Waals surface area contributed by atoms with Crippen LogP contribution in [0.1, 0.15) is 48.3 Å². The van der Waals surface area contributed by atoms with Crippen LogP contribution in [-0.2, 0) is 16.4 Å². The van der Waals surface area contributed by atoms with Gasteiger partial charge in [-0.05, 0) is 61.3 Å². The first-order chi connectivity index (χ1) is 17.8. The van der Waals surface area contributed by atoms with Crippen molar-refractivity contribution in [2.75, 3.05) is 42.9 Å². The molecule has 1 aliphatic heterocycles. The molecule has 3 aromatic rings. The highest BCUT2D eigenvalue weighted by Gasteiger charge is 2.27. The smallest absolute Gasteiger partial charge is 0.255 e. The summed E-state index contributed by atoms with van der Waals surface area (Å²) in [6, 6.07) is 21.7. The highest BCUT2D eigenvalue weighted by molar-refractivity contribution is 7.89. The van der Waals surface area contributed by atoms with Crippen molar-refractivity contribution in [3.05, 3.63) is 89.5 Å². The van der Waals surface area contributed by atoms with Gasteiger partial charge in [-0.3, -0.25) is 4.79 Å². The third-order valence-electron chi connectivity index (χ3n) is 6.92. The van der Waals surface area contributed by atoms with E-state index < -0.39 is 16.1 Å². The Labute approximate surface area is 220 Å². The molecule has 0 bridgehead atoms. The Morgan fingerprint density at radius 1 is 0.919 bits per heavy atom. The van der Waals surface area contributed by atoms with Crippen LogP contribution in [0, 0.1) is 0 Å². The highest BCUT2D eigenvalue weighted by Crippen LogP contribution is 2.31. The van der Waals surface area contributed by atoms with E-state index in [1.54, 1.807) is 30.3 Å². The van der Waals surface area contributed by atoms with Crippen LogP contribution < -0.4 is 14.9 Å². The van der Waals surface area contributed by atoms with E-state index in [4.69, 9.17) is 0 Å². The summed E-state index contributed by atoms with van der Waals surface area (Å²) >= 11 is 0. The number of rotatable bonds is 9. The van der Waals surface area contributed by atoms with Crippen LogP contribution in [0.3, 0.4) is 0 Å². The molecule has 1 aliphatic rings. The van der Waals surface area contributed by atoms with Gasteiger partial charge in [0, 0.05) is 43.5 Å². The van der Waals surface area contributed by atoms with Gasteiger partial charge in [-0.2, -0.15) is 0 Å². The van der Waals surface area contributed by atoms with Crippen LogP contribution >= 0.6 is 0 Å². The van der Waals surface area contributed by atoms with Crippen molar-refractivity contribution >= 4 is 27.3 Å². The molecule has 1 unspecified atom stereocenters. The fourth-order valence-corrected chi connectivity index (χ4v) is 6.06. The van der Waals surface area contributed by atoms with Gasteiger partial charge in [0.1, 0.15) is 4.90 Å². The number of nitrogens with zero attached hydrogens (tertiary/aromatic N) is 2. The van der Waals surface area contributed by atoms with Crippen LogP contribution in [0.15, 0.2) is 77.7 Å². The molecule has 3 aromatic carbocycles. The lowest BCUT2D eigenvalue weighted by Gasteiger charge is -2.36. The van der Waals surface area contributed by atoms with Crippen molar-refractivity contribution in [1.29, 1.82) is 0 Å². The molecule has 4 rings (SSSR count). The van der Waals surface area contributed by atoms with Gasteiger partial charge in [0.25, 0.3) is 5.91 Å². The van der Waals surface area contributed by atoms with Crippen molar-refractivity contribution in [1.82, 2.24) is 9.62 Å². The zero-order valence-corrected chi connectivity index (χ0v) is 22.6. The van der Waals surface area contributed by atoms with Gasteiger partial charge in [0.2, 0.25) is 10.0 Å². The summed E-state index contributed by atoms with van der Waals surface area (Å²) in [4.78, 5) is 17.5. The Morgan fingerprint density at radius 3 is 2.22 bits per heavy atom. The number of likely N-dealkylation sites (N-methyl/N-ethyl adjacent to an activating group) is 1. The number of aryl methyl sites for hydroxylation is 1. The molecule has 1 saturated heterocycles. The lowest BCUT2D eigenvalue weighted by molar-refractivity contribution is 0.102. The Bertz CT molecular complexity index is 1300. The van der Waals surface area contributed by atoms with E-state index in [0.29, 0.717) is 16.9 Å². The number of nitrogens with one attached hydrogen (secondary N) is 2. The first-order valence-corrected chi connectivity index (χ1v) is 14.4. The summed E-state index contributed by atoms with van der Waals surface area (Å²) in [6.45, 7) is 10.2. The molecule has 0 aliphatic carbocycles. The third-order valence-corrected chi connectivity index (χ3v) is 8.49. The molecule has 0 saturated carbocycles. The van der Waals surface area contributed by atoms with Gasteiger partial charge in [-0.1, -0.05) is 56.3 Å².